The highest BCUT2D eigenvalue weighted by Gasteiger charge is 2.21. The topological polar surface area (TPSA) is 75.5 Å². The van der Waals surface area contributed by atoms with Crippen molar-refractivity contribution in [2.24, 2.45) is 0 Å². The molecule has 3 rings (SSSR count). The molecule has 0 radical (unpaired) electrons. The van der Waals surface area contributed by atoms with Crippen LogP contribution in [0.4, 0.5) is 0 Å². The summed E-state index contributed by atoms with van der Waals surface area (Å²) in [6.45, 7) is 3.94. The lowest BCUT2D eigenvalue weighted by molar-refractivity contribution is -0.144. The molecule has 0 spiro atoms. The van der Waals surface area contributed by atoms with Crippen LogP contribution in [0.3, 0.4) is 0 Å². The molecular weight excluding hydrogens is 294 g/mol. The molecule has 0 saturated carbocycles. The second kappa shape index (κ2) is 6.75. The summed E-state index contributed by atoms with van der Waals surface area (Å²) in [5.74, 6) is 0.682. The van der Waals surface area contributed by atoms with Gasteiger partial charge >= 0.3 is 5.97 Å². The largest absolute Gasteiger partial charge is 0.508 e. The van der Waals surface area contributed by atoms with Crippen molar-refractivity contribution in [2.75, 3.05) is 19.7 Å². The Balaban J connectivity index is 1.73. The van der Waals surface area contributed by atoms with E-state index in [1.54, 1.807) is 24.3 Å². The lowest BCUT2D eigenvalue weighted by Crippen LogP contribution is -2.36. The Labute approximate surface area is 134 Å². The van der Waals surface area contributed by atoms with Crippen molar-refractivity contribution >= 4 is 5.97 Å². The molecule has 6 heteroatoms. The van der Waals surface area contributed by atoms with Gasteiger partial charge in [-0.15, -0.1) is 0 Å². The number of ether oxygens (including phenoxy) is 1. The molecule has 1 aliphatic heterocycles. The van der Waals surface area contributed by atoms with Crippen LogP contribution in [0.1, 0.15) is 18.2 Å². The molecule has 120 valence electrons. The van der Waals surface area contributed by atoms with Crippen LogP contribution in [0, 0.1) is 0 Å². The van der Waals surface area contributed by atoms with Crippen molar-refractivity contribution < 1.29 is 14.6 Å². The molecule has 0 fully saturated rings. The second-order valence-electron chi connectivity index (χ2n) is 5.48. The smallest absolute Gasteiger partial charge is 0.320 e. The SMILES string of the molecule is CCOC(=O)CN1CCc2nc(-c3ccc(O)cc3)ncc2C1. The lowest BCUT2D eigenvalue weighted by atomic mass is 10.1. The van der Waals surface area contributed by atoms with Crippen molar-refractivity contribution in [3.8, 4) is 17.1 Å². The summed E-state index contributed by atoms with van der Waals surface area (Å²) < 4.78 is 4.99. The van der Waals surface area contributed by atoms with Crippen molar-refractivity contribution in [2.45, 2.75) is 19.9 Å². The van der Waals surface area contributed by atoms with Crippen LogP contribution in [0.2, 0.25) is 0 Å². The van der Waals surface area contributed by atoms with E-state index >= 15 is 0 Å². The van der Waals surface area contributed by atoms with Gasteiger partial charge < -0.3 is 9.84 Å². The van der Waals surface area contributed by atoms with E-state index in [0.717, 1.165) is 29.8 Å². The molecule has 0 saturated heterocycles. The van der Waals surface area contributed by atoms with E-state index in [-0.39, 0.29) is 11.7 Å². The van der Waals surface area contributed by atoms with Gasteiger partial charge in [0.05, 0.1) is 18.8 Å². The van der Waals surface area contributed by atoms with Gasteiger partial charge in [-0.3, -0.25) is 9.69 Å². The van der Waals surface area contributed by atoms with E-state index in [1.165, 1.54) is 0 Å². The number of rotatable bonds is 4. The molecule has 0 aliphatic carbocycles. The number of esters is 1. The van der Waals surface area contributed by atoms with Crippen LogP contribution in [-0.4, -0.2) is 45.6 Å². The van der Waals surface area contributed by atoms with Crippen LogP contribution in [-0.2, 0) is 22.5 Å². The fourth-order valence-electron chi connectivity index (χ4n) is 2.65. The molecule has 1 aromatic carbocycles. The van der Waals surface area contributed by atoms with E-state index in [4.69, 9.17) is 4.74 Å². The monoisotopic (exact) mass is 313 g/mol. The Bertz CT molecular complexity index is 701. The molecule has 2 heterocycles. The number of nitrogens with zero attached hydrogens (tertiary/aromatic N) is 3. The number of benzene rings is 1. The Kier molecular flexibility index (Phi) is 4.52. The number of phenols is 1. The third-order valence-corrected chi connectivity index (χ3v) is 3.80. The zero-order valence-electron chi connectivity index (χ0n) is 13.0. The maximum absolute atomic E-state index is 11.6. The van der Waals surface area contributed by atoms with Crippen LogP contribution in [0.15, 0.2) is 30.5 Å². The third-order valence-electron chi connectivity index (χ3n) is 3.80. The number of hydrogen-bond acceptors (Lipinski definition) is 6. The number of aromatic nitrogens is 2. The minimum atomic E-state index is -0.197. The average Bonchev–Trinajstić information content (AvgIpc) is 2.55. The van der Waals surface area contributed by atoms with Crippen LogP contribution >= 0.6 is 0 Å². The molecule has 0 bridgehead atoms. The minimum Gasteiger partial charge on any atom is -0.508 e. The summed E-state index contributed by atoms with van der Waals surface area (Å²) >= 11 is 0. The van der Waals surface area contributed by atoms with Crippen LogP contribution in [0.25, 0.3) is 11.4 Å². The predicted octanol–water partition coefficient (Wildman–Crippen LogP) is 1.77. The number of fused-ring (bicyclic) bond motifs is 1. The van der Waals surface area contributed by atoms with E-state index in [2.05, 4.69) is 9.97 Å². The molecule has 1 N–H and O–H groups in total. The maximum atomic E-state index is 11.6. The molecule has 0 atom stereocenters. The summed E-state index contributed by atoms with van der Waals surface area (Å²) in [7, 11) is 0. The Hall–Kier alpha value is -2.47. The van der Waals surface area contributed by atoms with Crippen molar-refractivity contribution in [1.82, 2.24) is 14.9 Å². The van der Waals surface area contributed by atoms with Crippen molar-refractivity contribution in [3.63, 3.8) is 0 Å². The summed E-state index contributed by atoms with van der Waals surface area (Å²) in [4.78, 5) is 22.7. The molecule has 2 aromatic rings. The summed E-state index contributed by atoms with van der Waals surface area (Å²) in [6.07, 6.45) is 2.60. The van der Waals surface area contributed by atoms with Gasteiger partial charge in [0, 0.05) is 36.8 Å². The van der Waals surface area contributed by atoms with Gasteiger partial charge in [0.25, 0.3) is 0 Å². The molecule has 23 heavy (non-hydrogen) atoms. The minimum absolute atomic E-state index is 0.197. The standard InChI is InChI=1S/C17H19N3O3/c1-2-23-16(22)11-20-8-7-15-13(10-20)9-18-17(19-15)12-3-5-14(21)6-4-12/h3-6,9,21H,2,7-8,10-11H2,1H3. The third kappa shape index (κ3) is 3.65. The fraction of sp³-hybridized carbons (Fsp3) is 0.353. The molecule has 1 aliphatic rings. The first-order chi connectivity index (χ1) is 11.2. The fourth-order valence-corrected chi connectivity index (χ4v) is 2.65. The summed E-state index contributed by atoms with van der Waals surface area (Å²) in [6, 6.07) is 6.85. The first-order valence-electron chi connectivity index (χ1n) is 7.68. The van der Waals surface area contributed by atoms with Crippen molar-refractivity contribution in [3.05, 3.63) is 41.7 Å². The first kappa shape index (κ1) is 15.4. The zero-order chi connectivity index (χ0) is 16.2. The van der Waals surface area contributed by atoms with Gasteiger partial charge in [0.2, 0.25) is 0 Å². The van der Waals surface area contributed by atoms with E-state index < -0.39 is 0 Å². The highest BCUT2D eigenvalue weighted by atomic mass is 16.5. The van der Waals surface area contributed by atoms with Crippen LogP contribution < -0.4 is 0 Å². The van der Waals surface area contributed by atoms with Gasteiger partial charge in [0.1, 0.15) is 5.75 Å². The Morgan fingerprint density at radius 1 is 1.35 bits per heavy atom. The average molecular weight is 313 g/mol. The van der Waals surface area contributed by atoms with Gasteiger partial charge in [0.15, 0.2) is 5.82 Å². The number of aromatic hydroxyl groups is 1. The molecule has 0 unspecified atom stereocenters. The summed E-state index contributed by atoms with van der Waals surface area (Å²) in [5.41, 5.74) is 2.94. The van der Waals surface area contributed by atoms with E-state index in [1.807, 2.05) is 18.0 Å². The van der Waals surface area contributed by atoms with Gasteiger partial charge in [-0.05, 0) is 31.2 Å². The van der Waals surface area contributed by atoms with Crippen molar-refractivity contribution in [1.29, 1.82) is 0 Å². The molecule has 0 amide bonds. The highest BCUT2D eigenvalue weighted by Crippen LogP contribution is 2.22. The lowest BCUT2D eigenvalue weighted by Gasteiger charge is -2.27. The predicted molar refractivity (Wildman–Crippen MR) is 84.7 cm³/mol. The Morgan fingerprint density at radius 2 is 2.13 bits per heavy atom. The normalized spacial score (nSPS) is 14.3. The second-order valence-corrected chi connectivity index (χ2v) is 5.48. The highest BCUT2D eigenvalue weighted by molar-refractivity contribution is 5.71. The number of phenolic OH excluding ortho intramolecular Hbond substituents is 1. The number of carbonyl (C=O) groups excluding carboxylic acids is 1. The maximum Gasteiger partial charge on any atom is 0.320 e. The first-order valence-corrected chi connectivity index (χ1v) is 7.68. The number of hydrogen-bond donors (Lipinski definition) is 1. The molecule has 6 nitrogen and oxygen atoms in total. The quantitative estimate of drug-likeness (QED) is 0.867. The summed E-state index contributed by atoms with van der Waals surface area (Å²) in [5, 5.41) is 9.35. The van der Waals surface area contributed by atoms with Gasteiger partial charge in [-0.1, -0.05) is 0 Å². The molecular formula is C17H19N3O3. The number of carbonyl (C=O) groups is 1. The zero-order valence-corrected chi connectivity index (χ0v) is 13.0. The van der Waals surface area contributed by atoms with E-state index in [0.29, 0.717) is 25.5 Å². The van der Waals surface area contributed by atoms with E-state index in [9.17, 15) is 9.90 Å². The van der Waals surface area contributed by atoms with Gasteiger partial charge in [-0.2, -0.15) is 0 Å². The van der Waals surface area contributed by atoms with Crippen LogP contribution in [0.5, 0.6) is 5.75 Å². The Morgan fingerprint density at radius 3 is 2.87 bits per heavy atom. The molecule has 1 aromatic heterocycles. The van der Waals surface area contributed by atoms with Gasteiger partial charge in [-0.25, -0.2) is 9.97 Å².